The summed E-state index contributed by atoms with van der Waals surface area (Å²) in [5.41, 5.74) is 1.48. The van der Waals surface area contributed by atoms with Crippen LogP contribution in [0.25, 0.3) is 0 Å². The molecule has 1 aromatic carbocycles. The molecule has 0 amide bonds. The van der Waals surface area contributed by atoms with E-state index in [9.17, 15) is 9.59 Å². The number of esters is 1. The molecule has 110 valence electrons. The summed E-state index contributed by atoms with van der Waals surface area (Å²) in [6, 6.07) is 7.13. The van der Waals surface area contributed by atoms with Crippen molar-refractivity contribution < 1.29 is 19.4 Å². The SMILES string of the molecule is CCOC(=O)c1ccc(NCCCCCC(=O)O)cc1. The third-order valence-electron chi connectivity index (χ3n) is 2.79. The van der Waals surface area contributed by atoms with Crippen molar-refractivity contribution in [3.8, 4) is 0 Å². The second-order valence-corrected chi connectivity index (χ2v) is 4.43. The number of carboxylic acid groups (broad SMARTS) is 1. The number of carboxylic acids is 1. The Labute approximate surface area is 118 Å². The van der Waals surface area contributed by atoms with Crippen LogP contribution in [0.3, 0.4) is 0 Å². The van der Waals surface area contributed by atoms with Crippen LogP contribution in [0.2, 0.25) is 0 Å². The molecule has 0 heterocycles. The zero-order chi connectivity index (χ0) is 14.8. The van der Waals surface area contributed by atoms with E-state index in [1.165, 1.54) is 0 Å². The van der Waals surface area contributed by atoms with Crippen molar-refractivity contribution in [1.82, 2.24) is 0 Å². The fraction of sp³-hybridized carbons (Fsp3) is 0.467. The summed E-state index contributed by atoms with van der Waals surface area (Å²) in [6.45, 7) is 2.94. The van der Waals surface area contributed by atoms with Gasteiger partial charge in [-0.15, -0.1) is 0 Å². The van der Waals surface area contributed by atoms with Crippen LogP contribution in [-0.2, 0) is 9.53 Å². The minimum absolute atomic E-state index is 0.230. The van der Waals surface area contributed by atoms with Crippen molar-refractivity contribution in [2.75, 3.05) is 18.5 Å². The van der Waals surface area contributed by atoms with Gasteiger partial charge in [-0.25, -0.2) is 4.79 Å². The number of hydrogen-bond donors (Lipinski definition) is 2. The topological polar surface area (TPSA) is 75.6 Å². The molecule has 0 bridgehead atoms. The number of ether oxygens (including phenoxy) is 1. The van der Waals surface area contributed by atoms with Gasteiger partial charge >= 0.3 is 11.9 Å². The van der Waals surface area contributed by atoms with Crippen molar-refractivity contribution >= 4 is 17.6 Å². The molecule has 2 N–H and O–H groups in total. The molecule has 1 rings (SSSR count). The lowest BCUT2D eigenvalue weighted by atomic mass is 10.2. The number of benzene rings is 1. The summed E-state index contributed by atoms with van der Waals surface area (Å²) in [5.74, 6) is -1.06. The highest BCUT2D eigenvalue weighted by atomic mass is 16.5. The summed E-state index contributed by atoms with van der Waals surface area (Å²) < 4.78 is 4.91. The van der Waals surface area contributed by atoms with Gasteiger partial charge in [-0.2, -0.15) is 0 Å². The molecule has 0 fully saturated rings. The zero-order valence-corrected chi connectivity index (χ0v) is 11.7. The third-order valence-corrected chi connectivity index (χ3v) is 2.79. The smallest absolute Gasteiger partial charge is 0.338 e. The second-order valence-electron chi connectivity index (χ2n) is 4.43. The van der Waals surface area contributed by atoms with E-state index in [-0.39, 0.29) is 12.4 Å². The number of unbranched alkanes of at least 4 members (excludes halogenated alkanes) is 2. The Morgan fingerprint density at radius 1 is 1.15 bits per heavy atom. The lowest BCUT2D eigenvalue weighted by molar-refractivity contribution is -0.137. The van der Waals surface area contributed by atoms with Crippen molar-refractivity contribution in [2.45, 2.75) is 32.6 Å². The molecule has 0 aromatic heterocycles. The molecule has 0 unspecified atom stereocenters. The van der Waals surface area contributed by atoms with Crippen LogP contribution in [-0.4, -0.2) is 30.2 Å². The van der Waals surface area contributed by atoms with E-state index in [1.807, 2.05) is 12.1 Å². The van der Waals surface area contributed by atoms with Crippen LogP contribution in [0.15, 0.2) is 24.3 Å². The van der Waals surface area contributed by atoms with E-state index in [1.54, 1.807) is 19.1 Å². The van der Waals surface area contributed by atoms with E-state index in [2.05, 4.69) is 5.32 Å². The summed E-state index contributed by atoms with van der Waals surface area (Å²) in [5, 5.41) is 11.7. The van der Waals surface area contributed by atoms with E-state index in [0.717, 1.165) is 25.1 Å². The first kappa shape index (κ1) is 16.0. The average molecular weight is 279 g/mol. The van der Waals surface area contributed by atoms with Gasteiger partial charge in [0.2, 0.25) is 0 Å². The fourth-order valence-corrected chi connectivity index (χ4v) is 1.75. The van der Waals surface area contributed by atoms with Gasteiger partial charge in [0.1, 0.15) is 0 Å². The van der Waals surface area contributed by atoms with Gasteiger partial charge in [0.05, 0.1) is 12.2 Å². The molecule has 0 spiro atoms. The second kappa shape index (κ2) is 8.96. The maximum Gasteiger partial charge on any atom is 0.338 e. The molecule has 0 atom stereocenters. The fourth-order valence-electron chi connectivity index (χ4n) is 1.75. The van der Waals surface area contributed by atoms with Crippen LogP contribution in [0.1, 0.15) is 43.0 Å². The van der Waals surface area contributed by atoms with Crippen LogP contribution < -0.4 is 5.32 Å². The minimum atomic E-state index is -0.743. The van der Waals surface area contributed by atoms with E-state index >= 15 is 0 Å². The molecule has 0 aliphatic rings. The Bertz CT molecular complexity index is 428. The third kappa shape index (κ3) is 6.22. The Hall–Kier alpha value is -2.04. The molecule has 1 aromatic rings. The molecule has 20 heavy (non-hydrogen) atoms. The zero-order valence-electron chi connectivity index (χ0n) is 11.7. The Balaban J connectivity index is 2.24. The van der Waals surface area contributed by atoms with Crippen molar-refractivity contribution in [3.63, 3.8) is 0 Å². The monoisotopic (exact) mass is 279 g/mol. The normalized spacial score (nSPS) is 10.1. The number of aliphatic carboxylic acids is 1. The van der Waals surface area contributed by atoms with Gasteiger partial charge in [-0.3, -0.25) is 4.79 Å². The lowest BCUT2D eigenvalue weighted by Gasteiger charge is -2.07. The number of nitrogens with one attached hydrogen (secondary N) is 1. The molecule has 0 saturated heterocycles. The number of carbonyl (C=O) groups is 2. The Morgan fingerprint density at radius 2 is 1.85 bits per heavy atom. The highest BCUT2D eigenvalue weighted by molar-refractivity contribution is 5.89. The summed E-state index contributed by atoms with van der Waals surface area (Å²) in [4.78, 5) is 21.8. The van der Waals surface area contributed by atoms with Gasteiger partial charge in [-0.05, 0) is 44.0 Å². The quantitative estimate of drug-likeness (QED) is 0.537. The first-order valence-electron chi connectivity index (χ1n) is 6.86. The van der Waals surface area contributed by atoms with Gasteiger partial charge in [0.15, 0.2) is 0 Å². The molecule has 0 aliphatic heterocycles. The summed E-state index contributed by atoms with van der Waals surface area (Å²) in [6.07, 6.45) is 2.75. The number of anilines is 1. The van der Waals surface area contributed by atoms with Crippen molar-refractivity contribution in [3.05, 3.63) is 29.8 Å². The molecular formula is C15H21NO4. The van der Waals surface area contributed by atoms with Gasteiger partial charge < -0.3 is 15.2 Å². The van der Waals surface area contributed by atoms with Crippen LogP contribution in [0.5, 0.6) is 0 Å². The average Bonchev–Trinajstić information content (AvgIpc) is 2.43. The maximum absolute atomic E-state index is 11.5. The molecule has 0 saturated carbocycles. The molecule has 0 aliphatic carbocycles. The Morgan fingerprint density at radius 3 is 2.45 bits per heavy atom. The van der Waals surface area contributed by atoms with E-state index in [4.69, 9.17) is 9.84 Å². The highest BCUT2D eigenvalue weighted by Gasteiger charge is 2.05. The van der Waals surface area contributed by atoms with E-state index < -0.39 is 5.97 Å². The van der Waals surface area contributed by atoms with Crippen LogP contribution in [0.4, 0.5) is 5.69 Å². The number of rotatable bonds is 9. The summed E-state index contributed by atoms with van der Waals surface area (Å²) in [7, 11) is 0. The molecule has 0 radical (unpaired) electrons. The standard InChI is InChI=1S/C15H21NO4/c1-2-20-15(19)12-7-9-13(10-8-12)16-11-5-3-4-6-14(17)18/h7-10,16H,2-6,11H2,1H3,(H,17,18). The van der Waals surface area contributed by atoms with Gasteiger partial charge in [0.25, 0.3) is 0 Å². The largest absolute Gasteiger partial charge is 0.481 e. The van der Waals surface area contributed by atoms with Crippen molar-refractivity contribution in [2.24, 2.45) is 0 Å². The first-order valence-corrected chi connectivity index (χ1v) is 6.86. The lowest BCUT2D eigenvalue weighted by Crippen LogP contribution is -2.05. The van der Waals surface area contributed by atoms with E-state index in [0.29, 0.717) is 18.6 Å². The van der Waals surface area contributed by atoms with Gasteiger partial charge in [0, 0.05) is 18.7 Å². The Kier molecular flexibility index (Phi) is 7.17. The predicted octanol–water partition coefficient (Wildman–Crippen LogP) is 2.92. The van der Waals surface area contributed by atoms with Crippen LogP contribution in [0, 0.1) is 0 Å². The maximum atomic E-state index is 11.5. The van der Waals surface area contributed by atoms with Crippen molar-refractivity contribution in [1.29, 1.82) is 0 Å². The summed E-state index contributed by atoms with van der Waals surface area (Å²) >= 11 is 0. The molecule has 5 nitrogen and oxygen atoms in total. The highest BCUT2D eigenvalue weighted by Crippen LogP contribution is 2.11. The van der Waals surface area contributed by atoms with Crippen LogP contribution >= 0.6 is 0 Å². The predicted molar refractivity (Wildman–Crippen MR) is 77.0 cm³/mol. The van der Waals surface area contributed by atoms with Gasteiger partial charge in [-0.1, -0.05) is 6.42 Å². The first-order chi connectivity index (χ1) is 9.63. The molecule has 5 heteroatoms. The minimum Gasteiger partial charge on any atom is -0.481 e. The molecular weight excluding hydrogens is 258 g/mol. The number of carbonyl (C=O) groups excluding carboxylic acids is 1. The number of hydrogen-bond acceptors (Lipinski definition) is 4.